The lowest BCUT2D eigenvalue weighted by atomic mass is 10.1. The minimum absolute atomic E-state index is 0.00951. The predicted octanol–water partition coefficient (Wildman–Crippen LogP) is 2.47. The fourth-order valence-corrected chi connectivity index (χ4v) is 4.07. The number of carbonyl (C=O) groups excluding carboxylic acids is 1. The van der Waals surface area contributed by atoms with Crippen LogP contribution in [0.3, 0.4) is 0 Å². The van der Waals surface area contributed by atoms with Gasteiger partial charge in [0, 0.05) is 56.6 Å². The molecule has 1 aromatic heterocycles. The Labute approximate surface area is 189 Å². The summed E-state index contributed by atoms with van der Waals surface area (Å²) in [6.07, 6.45) is 3.83. The van der Waals surface area contributed by atoms with Crippen LogP contribution in [-0.4, -0.2) is 73.8 Å². The molecule has 2 N–H and O–H groups in total. The number of pyridine rings is 1. The smallest absolute Gasteiger partial charge is 0.243 e. The molecule has 0 aliphatic carbocycles. The SMILES string of the molecule is CN(C)C(=O)CN=C(NCCSc1ccccc1)NC1CCN(c2ccccn2)CC1. The fraction of sp³-hybridized carbons (Fsp3) is 0.435. The highest BCUT2D eigenvalue weighted by molar-refractivity contribution is 7.99. The van der Waals surface area contributed by atoms with Crippen LogP contribution in [0.2, 0.25) is 0 Å². The highest BCUT2D eigenvalue weighted by Gasteiger charge is 2.21. The van der Waals surface area contributed by atoms with Crippen LogP contribution in [0.5, 0.6) is 0 Å². The van der Waals surface area contributed by atoms with E-state index in [0.29, 0.717) is 12.0 Å². The van der Waals surface area contributed by atoms with Gasteiger partial charge in [-0.1, -0.05) is 24.3 Å². The molecule has 0 spiro atoms. The molecule has 2 aromatic rings. The number of anilines is 1. The van der Waals surface area contributed by atoms with Crippen molar-refractivity contribution in [3.8, 4) is 0 Å². The summed E-state index contributed by atoms with van der Waals surface area (Å²) < 4.78 is 0. The molecule has 0 radical (unpaired) electrons. The Hall–Kier alpha value is -2.74. The van der Waals surface area contributed by atoms with E-state index in [4.69, 9.17) is 0 Å². The van der Waals surface area contributed by atoms with E-state index in [-0.39, 0.29) is 12.5 Å². The topological polar surface area (TPSA) is 72.9 Å². The van der Waals surface area contributed by atoms with Crippen molar-refractivity contribution in [2.24, 2.45) is 4.99 Å². The maximum absolute atomic E-state index is 12.0. The van der Waals surface area contributed by atoms with E-state index in [1.807, 2.05) is 36.5 Å². The van der Waals surface area contributed by atoms with Crippen LogP contribution in [0.4, 0.5) is 5.82 Å². The number of nitrogens with one attached hydrogen (secondary N) is 2. The van der Waals surface area contributed by atoms with Crippen molar-refractivity contribution in [3.05, 3.63) is 54.7 Å². The average Bonchev–Trinajstić information content (AvgIpc) is 2.81. The molecule has 3 rings (SSSR count). The highest BCUT2D eigenvalue weighted by atomic mass is 32.2. The third kappa shape index (κ3) is 7.79. The van der Waals surface area contributed by atoms with Gasteiger partial charge in [0.1, 0.15) is 12.4 Å². The lowest BCUT2D eigenvalue weighted by Crippen LogP contribution is -2.49. The molecule has 7 nitrogen and oxygen atoms in total. The summed E-state index contributed by atoms with van der Waals surface area (Å²) in [7, 11) is 3.50. The minimum atomic E-state index is -0.00951. The fourth-order valence-electron chi connectivity index (χ4n) is 3.28. The van der Waals surface area contributed by atoms with Crippen molar-refractivity contribution in [1.82, 2.24) is 20.5 Å². The van der Waals surface area contributed by atoms with Gasteiger partial charge in [0.05, 0.1) is 0 Å². The molecule has 1 saturated heterocycles. The van der Waals surface area contributed by atoms with Gasteiger partial charge >= 0.3 is 0 Å². The number of benzene rings is 1. The van der Waals surface area contributed by atoms with Crippen molar-refractivity contribution in [3.63, 3.8) is 0 Å². The molecule has 0 unspecified atom stereocenters. The van der Waals surface area contributed by atoms with Gasteiger partial charge in [0.25, 0.3) is 0 Å². The molecule has 0 saturated carbocycles. The monoisotopic (exact) mass is 440 g/mol. The Morgan fingerprint density at radius 2 is 1.90 bits per heavy atom. The number of hydrogen-bond acceptors (Lipinski definition) is 5. The van der Waals surface area contributed by atoms with Crippen LogP contribution < -0.4 is 15.5 Å². The summed E-state index contributed by atoms with van der Waals surface area (Å²) in [5.74, 6) is 2.65. The van der Waals surface area contributed by atoms with Crippen molar-refractivity contribution in [2.75, 3.05) is 50.9 Å². The maximum Gasteiger partial charge on any atom is 0.243 e. The van der Waals surface area contributed by atoms with E-state index in [9.17, 15) is 4.79 Å². The second kappa shape index (κ2) is 12.2. The molecule has 0 atom stereocenters. The Bertz CT molecular complexity index is 822. The van der Waals surface area contributed by atoms with Crippen molar-refractivity contribution >= 4 is 29.4 Å². The number of likely N-dealkylation sites (N-methyl/N-ethyl adjacent to an activating group) is 1. The standard InChI is InChI=1S/C23H32N6OS/c1-28(2)22(30)18-26-23(25-14-17-31-20-8-4-3-5-9-20)27-19-11-15-29(16-12-19)21-10-6-7-13-24-21/h3-10,13,19H,11-12,14-18H2,1-2H3,(H2,25,26,27). The number of thioether (sulfide) groups is 1. The molecule has 8 heteroatoms. The predicted molar refractivity (Wildman–Crippen MR) is 129 cm³/mol. The number of hydrogen-bond donors (Lipinski definition) is 2. The molecule has 1 aromatic carbocycles. The number of aliphatic imine (C=N–C) groups is 1. The molecule has 1 aliphatic heterocycles. The molecular weight excluding hydrogens is 408 g/mol. The molecule has 166 valence electrons. The second-order valence-electron chi connectivity index (χ2n) is 7.63. The van der Waals surface area contributed by atoms with E-state index in [0.717, 1.165) is 44.0 Å². The zero-order valence-electron chi connectivity index (χ0n) is 18.3. The first-order valence-electron chi connectivity index (χ1n) is 10.7. The first kappa shape index (κ1) is 22.9. The van der Waals surface area contributed by atoms with Crippen molar-refractivity contribution < 1.29 is 4.79 Å². The summed E-state index contributed by atoms with van der Waals surface area (Å²) in [4.78, 5) is 26.1. The molecule has 1 amide bonds. The third-order valence-corrected chi connectivity index (χ3v) is 6.10. The zero-order valence-corrected chi connectivity index (χ0v) is 19.1. The summed E-state index contributed by atoms with van der Waals surface area (Å²) in [6, 6.07) is 16.7. The summed E-state index contributed by atoms with van der Waals surface area (Å²) in [5.41, 5.74) is 0. The van der Waals surface area contributed by atoms with Crippen molar-refractivity contribution in [2.45, 2.75) is 23.8 Å². The Morgan fingerprint density at radius 1 is 1.16 bits per heavy atom. The average molecular weight is 441 g/mol. The van der Waals surface area contributed by atoms with E-state index >= 15 is 0 Å². The number of nitrogens with zero attached hydrogens (tertiary/aromatic N) is 4. The number of guanidine groups is 1. The van der Waals surface area contributed by atoms with Crippen LogP contribution >= 0.6 is 11.8 Å². The zero-order chi connectivity index (χ0) is 21.9. The van der Waals surface area contributed by atoms with Crippen LogP contribution in [-0.2, 0) is 4.79 Å². The van der Waals surface area contributed by atoms with Gasteiger partial charge in [0.15, 0.2) is 5.96 Å². The van der Waals surface area contributed by atoms with Crippen LogP contribution in [0.1, 0.15) is 12.8 Å². The van der Waals surface area contributed by atoms with Crippen LogP contribution in [0.25, 0.3) is 0 Å². The lowest BCUT2D eigenvalue weighted by Gasteiger charge is -2.33. The molecule has 1 aliphatic rings. The van der Waals surface area contributed by atoms with Gasteiger partial charge in [-0.15, -0.1) is 11.8 Å². The molecule has 0 bridgehead atoms. The molecule has 2 heterocycles. The molecular formula is C23H32N6OS. The van der Waals surface area contributed by atoms with Gasteiger partial charge in [-0.05, 0) is 37.1 Å². The molecule has 1 fully saturated rings. The largest absolute Gasteiger partial charge is 0.356 e. The van der Waals surface area contributed by atoms with Crippen LogP contribution in [0.15, 0.2) is 64.6 Å². The Morgan fingerprint density at radius 3 is 2.58 bits per heavy atom. The second-order valence-corrected chi connectivity index (χ2v) is 8.80. The highest BCUT2D eigenvalue weighted by Crippen LogP contribution is 2.17. The van der Waals surface area contributed by atoms with Crippen molar-refractivity contribution in [1.29, 1.82) is 0 Å². The first-order valence-corrected chi connectivity index (χ1v) is 11.7. The van der Waals surface area contributed by atoms with E-state index in [2.05, 4.69) is 43.7 Å². The number of amides is 1. The lowest BCUT2D eigenvalue weighted by molar-refractivity contribution is -0.127. The summed E-state index contributed by atoms with van der Waals surface area (Å²) in [5, 5.41) is 6.93. The summed E-state index contributed by atoms with van der Waals surface area (Å²) >= 11 is 1.80. The van der Waals surface area contributed by atoms with Gasteiger partial charge in [-0.3, -0.25) is 4.79 Å². The number of piperidine rings is 1. The third-order valence-electron chi connectivity index (χ3n) is 5.09. The minimum Gasteiger partial charge on any atom is -0.356 e. The Balaban J connectivity index is 1.50. The normalized spacial score (nSPS) is 14.9. The van der Waals surface area contributed by atoms with E-state index in [1.54, 1.807) is 30.8 Å². The van der Waals surface area contributed by atoms with Crippen LogP contribution in [0, 0.1) is 0 Å². The van der Waals surface area contributed by atoms with E-state index in [1.165, 1.54) is 4.90 Å². The number of rotatable bonds is 8. The first-order chi connectivity index (χ1) is 15.1. The summed E-state index contributed by atoms with van der Waals surface area (Å²) in [6.45, 7) is 2.81. The van der Waals surface area contributed by atoms with Gasteiger partial charge in [-0.25, -0.2) is 9.98 Å². The maximum atomic E-state index is 12.0. The Kier molecular flexibility index (Phi) is 9.02. The van der Waals surface area contributed by atoms with Gasteiger partial charge in [0.2, 0.25) is 5.91 Å². The number of carbonyl (C=O) groups is 1. The number of aromatic nitrogens is 1. The van der Waals surface area contributed by atoms with Gasteiger partial charge in [-0.2, -0.15) is 0 Å². The van der Waals surface area contributed by atoms with Gasteiger partial charge < -0.3 is 20.4 Å². The molecule has 31 heavy (non-hydrogen) atoms. The quantitative estimate of drug-likeness (QED) is 0.284. The van der Waals surface area contributed by atoms with E-state index < -0.39 is 0 Å².